The molecule has 0 saturated heterocycles. The first-order chi connectivity index (χ1) is 12.1. The molecule has 1 aromatic rings. The molecule has 2 aliphatic rings. The first-order valence-electron chi connectivity index (χ1n) is 9.31. The smallest absolute Gasteiger partial charge is 0.223 e. The molecule has 0 atom stereocenters. The van der Waals surface area contributed by atoms with Crippen LogP contribution in [-0.2, 0) is 18.4 Å². The van der Waals surface area contributed by atoms with Gasteiger partial charge in [0.25, 0.3) is 0 Å². The minimum atomic E-state index is 0. The third-order valence-electron chi connectivity index (χ3n) is 4.92. The van der Waals surface area contributed by atoms with Gasteiger partial charge in [0, 0.05) is 32.1 Å². The second kappa shape index (κ2) is 10.1. The molecule has 2 fully saturated rings. The highest BCUT2D eigenvalue weighted by Gasteiger charge is 2.29. The maximum absolute atomic E-state index is 11.7. The monoisotopic (exact) mass is 475 g/mol. The predicted octanol–water partition coefficient (Wildman–Crippen LogP) is 1.25. The van der Waals surface area contributed by atoms with Gasteiger partial charge in [-0.15, -0.1) is 34.2 Å². The normalized spacial score (nSPS) is 17.7. The molecule has 1 amide bonds. The van der Waals surface area contributed by atoms with Crippen LogP contribution >= 0.6 is 24.0 Å². The molecule has 0 bridgehead atoms. The van der Waals surface area contributed by atoms with Gasteiger partial charge in [0.2, 0.25) is 5.91 Å². The molecule has 0 aliphatic heterocycles. The standard InChI is InChI=1S/C17H29N7O.HI/c1-12-22-23-15(24(12)2)11-20-17(21-14-5-3-4-6-14)19-10-9-18-16(25)13-7-8-13;/h13-14H,3-11H2,1-2H3,(H,18,25)(H2,19,20,21);1H. The van der Waals surface area contributed by atoms with Crippen molar-refractivity contribution in [3.05, 3.63) is 11.6 Å². The zero-order valence-corrected chi connectivity index (χ0v) is 18.0. The first-order valence-corrected chi connectivity index (χ1v) is 9.31. The van der Waals surface area contributed by atoms with Crippen LogP contribution in [0.25, 0.3) is 0 Å². The molecule has 0 aromatic carbocycles. The summed E-state index contributed by atoms with van der Waals surface area (Å²) in [6, 6.07) is 0.480. The van der Waals surface area contributed by atoms with Crippen molar-refractivity contribution in [3.8, 4) is 0 Å². The van der Waals surface area contributed by atoms with E-state index in [9.17, 15) is 4.79 Å². The molecular weight excluding hydrogens is 445 g/mol. The van der Waals surface area contributed by atoms with Crippen molar-refractivity contribution < 1.29 is 4.79 Å². The Morgan fingerprint density at radius 1 is 1.15 bits per heavy atom. The topological polar surface area (TPSA) is 96.2 Å². The van der Waals surface area contributed by atoms with Crippen LogP contribution < -0.4 is 16.0 Å². The van der Waals surface area contributed by atoms with Crippen LogP contribution in [0.5, 0.6) is 0 Å². The summed E-state index contributed by atoms with van der Waals surface area (Å²) in [5.41, 5.74) is 0. The maximum atomic E-state index is 11.7. The van der Waals surface area contributed by atoms with Gasteiger partial charge in [0.15, 0.2) is 11.8 Å². The minimum Gasteiger partial charge on any atom is -0.355 e. The Hall–Kier alpha value is -1.39. The third kappa shape index (κ3) is 6.10. The van der Waals surface area contributed by atoms with Gasteiger partial charge in [-0.3, -0.25) is 4.79 Å². The summed E-state index contributed by atoms with van der Waals surface area (Å²) in [6.45, 7) is 3.69. The molecular formula is C17H30IN7O. The summed E-state index contributed by atoms with van der Waals surface area (Å²) in [5, 5.41) is 18.0. The molecule has 2 saturated carbocycles. The highest BCUT2D eigenvalue weighted by Crippen LogP contribution is 2.28. The van der Waals surface area contributed by atoms with E-state index < -0.39 is 0 Å². The zero-order chi connectivity index (χ0) is 17.6. The van der Waals surface area contributed by atoms with E-state index in [4.69, 9.17) is 0 Å². The molecule has 0 radical (unpaired) electrons. The average Bonchev–Trinajstić information content (AvgIpc) is 3.25. The number of nitrogens with one attached hydrogen (secondary N) is 3. The number of halogens is 1. The Morgan fingerprint density at radius 3 is 2.46 bits per heavy atom. The SMILES string of the molecule is Cc1nnc(CN=C(NCCNC(=O)C2CC2)NC2CCCC2)n1C.I. The van der Waals surface area contributed by atoms with E-state index in [1.807, 2.05) is 18.5 Å². The van der Waals surface area contributed by atoms with Crippen LogP contribution in [0.3, 0.4) is 0 Å². The summed E-state index contributed by atoms with van der Waals surface area (Å²) in [4.78, 5) is 16.3. The second-order valence-electron chi connectivity index (χ2n) is 7.01. The minimum absolute atomic E-state index is 0. The summed E-state index contributed by atoms with van der Waals surface area (Å²) < 4.78 is 1.95. The van der Waals surface area contributed by atoms with Gasteiger partial charge in [-0.25, -0.2) is 4.99 Å². The van der Waals surface area contributed by atoms with Gasteiger partial charge in [-0.1, -0.05) is 12.8 Å². The van der Waals surface area contributed by atoms with Crippen molar-refractivity contribution in [2.75, 3.05) is 13.1 Å². The Kier molecular flexibility index (Phi) is 8.11. The Bertz CT molecular complexity index is 621. The van der Waals surface area contributed by atoms with Crippen molar-refractivity contribution >= 4 is 35.8 Å². The molecule has 26 heavy (non-hydrogen) atoms. The van der Waals surface area contributed by atoms with Crippen molar-refractivity contribution in [2.24, 2.45) is 18.0 Å². The number of carbonyl (C=O) groups excluding carboxylic acids is 1. The largest absolute Gasteiger partial charge is 0.355 e. The zero-order valence-electron chi connectivity index (χ0n) is 15.6. The van der Waals surface area contributed by atoms with Crippen LogP contribution in [0.1, 0.15) is 50.2 Å². The maximum Gasteiger partial charge on any atom is 0.223 e. The van der Waals surface area contributed by atoms with E-state index in [2.05, 4.69) is 31.1 Å². The summed E-state index contributed by atoms with van der Waals surface area (Å²) >= 11 is 0. The lowest BCUT2D eigenvalue weighted by Gasteiger charge is -2.17. The Labute approximate surface area is 172 Å². The van der Waals surface area contributed by atoms with Crippen molar-refractivity contribution in [1.82, 2.24) is 30.7 Å². The highest BCUT2D eigenvalue weighted by atomic mass is 127. The summed E-state index contributed by atoms with van der Waals surface area (Å²) in [5.74, 6) is 2.94. The van der Waals surface area contributed by atoms with Gasteiger partial charge < -0.3 is 20.5 Å². The second-order valence-corrected chi connectivity index (χ2v) is 7.01. The number of hydrogen-bond acceptors (Lipinski definition) is 4. The van der Waals surface area contributed by atoms with Gasteiger partial charge in [0.05, 0.1) is 0 Å². The van der Waals surface area contributed by atoms with Crippen LogP contribution in [0.2, 0.25) is 0 Å². The fourth-order valence-electron chi connectivity index (χ4n) is 3.01. The number of hydrogen-bond donors (Lipinski definition) is 3. The van der Waals surface area contributed by atoms with Crippen LogP contribution in [0.15, 0.2) is 4.99 Å². The van der Waals surface area contributed by atoms with Gasteiger partial charge in [-0.2, -0.15) is 0 Å². The van der Waals surface area contributed by atoms with E-state index in [0.717, 1.165) is 30.5 Å². The van der Waals surface area contributed by atoms with Crippen LogP contribution in [0, 0.1) is 12.8 Å². The third-order valence-corrected chi connectivity index (χ3v) is 4.92. The molecule has 146 valence electrons. The lowest BCUT2D eigenvalue weighted by Crippen LogP contribution is -2.45. The van der Waals surface area contributed by atoms with Crippen molar-refractivity contribution in [1.29, 1.82) is 0 Å². The molecule has 1 heterocycles. The van der Waals surface area contributed by atoms with E-state index in [0.29, 0.717) is 25.7 Å². The van der Waals surface area contributed by atoms with E-state index in [-0.39, 0.29) is 35.8 Å². The molecule has 3 rings (SSSR count). The van der Waals surface area contributed by atoms with E-state index in [1.165, 1.54) is 25.7 Å². The lowest BCUT2D eigenvalue weighted by atomic mass is 10.2. The molecule has 0 spiro atoms. The van der Waals surface area contributed by atoms with Crippen LogP contribution in [-0.4, -0.2) is 45.8 Å². The number of carbonyl (C=O) groups is 1. The molecule has 0 unspecified atom stereocenters. The lowest BCUT2D eigenvalue weighted by molar-refractivity contribution is -0.122. The predicted molar refractivity (Wildman–Crippen MR) is 111 cm³/mol. The molecule has 8 nitrogen and oxygen atoms in total. The average molecular weight is 475 g/mol. The van der Waals surface area contributed by atoms with E-state index in [1.54, 1.807) is 0 Å². The fourth-order valence-corrected chi connectivity index (χ4v) is 3.01. The molecule has 2 aliphatic carbocycles. The molecule has 9 heteroatoms. The molecule has 1 aromatic heterocycles. The number of aromatic nitrogens is 3. The quantitative estimate of drug-likeness (QED) is 0.239. The number of guanidine groups is 1. The van der Waals surface area contributed by atoms with Gasteiger partial charge in [-0.05, 0) is 32.6 Å². The summed E-state index contributed by atoms with van der Waals surface area (Å²) in [7, 11) is 1.95. The number of nitrogens with zero attached hydrogens (tertiary/aromatic N) is 4. The van der Waals surface area contributed by atoms with Gasteiger partial charge in [0.1, 0.15) is 12.4 Å². The Morgan fingerprint density at radius 2 is 1.85 bits per heavy atom. The van der Waals surface area contributed by atoms with E-state index >= 15 is 0 Å². The van der Waals surface area contributed by atoms with Crippen molar-refractivity contribution in [2.45, 2.75) is 58.0 Å². The highest BCUT2D eigenvalue weighted by molar-refractivity contribution is 14.0. The van der Waals surface area contributed by atoms with Crippen molar-refractivity contribution in [3.63, 3.8) is 0 Å². The van der Waals surface area contributed by atoms with Crippen LogP contribution in [0.4, 0.5) is 0 Å². The van der Waals surface area contributed by atoms with Gasteiger partial charge >= 0.3 is 0 Å². The molecule has 3 N–H and O–H groups in total. The summed E-state index contributed by atoms with van der Waals surface area (Å²) in [6.07, 6.45) is 6.97. The number of aliphatic imine (C=N–C) groups is 1. The fraction of sp³-hybridized carbons (Fsp3) is 0.765. The number of aryl methyl sites for hydroxylation is 1. The number of amides is 1. The Balaban J connectivity index is 0.00000243. The first kappa shape index (κ1) is 20.9. The number of rotatable bonds is 7.